The second-order valence-corrected chi connectivity index (χ2v) is 6.02. The zero-order valence-electron chi connectivity index (χ0n) is 15.7. The van der Waals surface area contributed by atoms with E-state index in [1.54, 1.807) is 25.3 Å². The van der Waals surface area contributed by atoms with Crippen LogP contribution in [0.4, 0.5) is 0 Å². The molecule has 27 heavy (non-hydrogen) atoms. The van der Waals surface area contributed by atoms with E-state index in [9.17, 15) is 9.90 Å². The lowest BCUT2D eigenvalue weighted by atomic mass is 10.1. The zero-order chi connectivity index (χ0) is 19.5. The summed E-state index contributed by atoms with van der Waals surface area (Å²) >= 11 is 0. The van der Waals surface area contributed by atoms with E-state index in [0.29, 0.717) is 18.7 Å². The Bertz CT molecular complexity index is 803. The van der Waals surface area contributed by atoms with E-state index < -0.39 is 0 Å². The first-order chi connectivity index (χ1) is 13.1. The smallest absolute Gasteiger partial charge is 0.220 e. The molecular weight excluding hydrogens is 342 g/mol. The summed E-state index contributed by atoms with van der Waals surface area (Å²) in [7, 11) is 3.13. The minimum Gasteiger partial charge on any atom is -0.504 e. The Morgan fingerprint density at radius 1 is 1.07 bits per heavy atom. The number of unbranched alkanes of at least 4 members (excludes halogenated alkanes) is 2. The van der Waals surface area contributed by atoms with E-state index in [1.165, 1.54) is 7.11 Å². The van der Waals surface area contributed by atoms with Crippen LogP contribution in [0.25, 0.3) is 0 Å². The number of carbonyl (C=O) groups is 1. The summed E-state index contributed by atoms with van der Waals surface area (Å²) < 4.78 is 10.2. The molecule has 0 bridgehead atoms. The Morgan fingerprint density at radius 3 is 2.56 bits per heavy atom. The van der Waals surface area contributed by atoms with Crippen LogP contribution in [0.5, 0.6) is 17.2 Å². The highest BCUT2D eigenvalue weighted by Crippen LogP contribution is 2.26. The van der Waals surface area contributed by atoms with Crippen molar-refractivity contribution in [1.82, 2.24) is 5.32 Å². The molecule has 0 aromatic heterocycles. The molecule has 0 aliphatic rings. The predicted octanol–water partition coefficient (Wildman–Crippen LogP) is 3.64. The van der Waals surface area contributed by atoms with Crippen molar-refractivity contribution in [2.75, 3.05) is 14.2 Å². The van der Waals surface area contributed by atoms with Crippen LogP contribution in [0.15, 0.2) is 42.5 Å². The second kappa shape index (κ2) is 10.8. The molecule has 0 heterocycles. The van der Waals surface area contributed by atoms with Gasteiger partial charge in [-0.25, -0.2) is 0 Å². The van der Waals surface area contributed by atoms with Gasteiger partial charge in [0, 0.05) is 24.9 Å². The standard InChI is InChI=1S/C22H25NO4/c1-26-19-12-9-17(10-13-19)7-5-3-4-6-8-22(25)23-16-18-11-14-20(24)21(15-18)27-2/h9-15,24H,3-4,6,8,16H2,1-2H3,(H,23,25). The summed E-state index contributed by atoms with van der Waals surface area (Å²) in [5, 5.41) is 12.4. The van der Waals surface area contributed by atoms with Crippen molar-refractivity contribution in [3.8, 4) is 29.1 Å². The van der Waals surface area contributed by atoms with Crippen LogP contribution >= 0.6 is 0 Å². The molecular formula is C22H25NO4. The van der Waals surface area contributed by atoms with Gasteiger partial charge >= 0.3 is 0 Å². The Balaban J connectivity index is 1.64. The molecule has 2 rings (SSSR count). The fourth-order valence-electron chi connectivity index (χ4n) is 2.46. The molecule has 0 aliphatic carbocycles. The minimum absolute atomic E-state index is 0.00477. The molecule has 0 radical (unpaired) electrons. The van der Waals surface area contributed by atoms with Gasteiger partial charge in [-0.05, 0) is 54.8 Å². The maximum atomic E-state index is 11.9. The Labute approximate surface area is 160 Å². The largest absolute Gasteiger partial charge is 0.504 e. The van der Waals surface area contributed by atoms with Gasteiger partial charge in [0.05, 0.1) is 14.2 Å². The molecule has 2 N–H and O–H groups in total. The summed E-state index contributed by atoms with van der Waals surface area (Å²) in [6, 6.07) is 12.7. The van der Waals surface area contributed by atoms with Crippen molar-refractivity contribution in [1.29, 1.82) is 0 Å². The number of amides is 1. The van der Waals surface area contributed by atoms with Gasteiger partial charge in [0.2, 0.25) is 5.91 Å². The molecule has 0 spiro atoms. The Kier molecular flexibility index (Phi) is 8.05. The van der Waals surface area contributed by atoms with Crippen molar-refractivity contribution >= 4 is 5.91 Å². The van der Waals surface area contributed by atoms with Crippen molar-refractivity contribution in [3.05, 3.63) is 53.6 Å². The quantitative estimate of drug-likeness (QED) is 0.552. The van der Waals surface area contributed by atoms with E-state index in [2.05, 4.69) is 17.2 Å². The normalized spacial score (nSPS) is 9.85. The van der Waals surface area contributed by atoms with Crippen molar-refractivity contribution < 1.29 is 19.4 Å². The zero-order valence-corrected chi connectivity index (χ0v) is 15.7. The highest BCUT2D eigenvalue weighted by molar-refractivity contribution is 5.75. The first-order valence-corrected chi connectivity index (χ1v) is 8.88. The summed E-state index contributed by atoms with van der Waals surface area (Å²) in [6.45, 7) is 0.409. The van der Waals surface area contributed by atoms with Crippen LogP contribution < -0.4 is 14.8 Å². The molecule has 0 atom stereocenters. The Morgan fingerprint density at radius 2 is 1.85 bits per heavy atom. The van der Waals surface area contributed by atoms with E-state index in [-0.39, 0.29) is 11.7 Å². The minimum atomic E-state index is 0.00477. The van der Waals surface area contributed by atoms with Crippen LogP contribution in [0, 0.1) is 11.8 Å². The van der Waals surface area contributed by atoms with E-state index in [4.69, 9.17) is 9.47 Å². The molecule has 0 saturated heterocycles. The number of benzene rings is 2. The molecule has 142 valence electrons. The van der Waals surface area contributed by atoms with Gasteiger partial charge in [0.15, 0.2) is 11.5 Å². The lowest BCUT2D eigenvalue weighted by molar-refractivity contribution is -0.121. The molecule has 0 aliphatic heterocycles. The summed E-state index contributed by atoms with van der Waals surface area (Å²) in [5.74, 6) is 7.54. The highest BCUT2D eigenvalue weighted by atomic mass is 16.5. The summed E-state index contributed by atoms with van der Waals surface area (Å²) in [4.78, 5) is 11.9. The second-order valence-electron chi connectivity index (χ2n) is 6.02. The van der Waals surface area contributed by atoms with Crippen LogP contribution in [-0.2, 0) is 11.3 Å². The number of phenols is 1. The molecule has 2 aromatic rings. The van der Waals surface area contributed by atoms with E-state index in [0.717, 1.165) is 36.1 Å². The molecule has 1 amide bonds. The first-order valence-electron chi connectivity index (χ1n) is 8.88. The molecule has 2 aromatic carbocycles. The third-order valence-corrected chi connectivity index (χ3v) is 4.01. The van der Waals surface area contributed by atoms with Gasteiger partial charge in [-0.2, -0.15) is 0 Å². The number of ether oxygens (including phenoxy) is 2. The number of nitrogens with one attached hydrogen (secondary N) is 1. The maximum absolute atomic E-state index is 11.9. The topological polar surface area (TPSA) is 67.8 Å². The number of hydrogen-bond donors (Lipinski definition) is 2. The SMILES string of the molecule is COc1ccc(C#CCCCCC(=O)NCc2ccc(O)c(OC)c2)cc1. The number of aromatic hydroxyl groups is 1. The molecule has 0 saturated carbocycles. The number of carbonyl (C=O) groups excluding carboxylic acids is 1. The average Bonchev–Trinajstić information content (AvgIpc) is 2.70. The number of hydrogen-bond acceptors (Lipinski definition) is 4. The van der Waals surface area contributed by atoms with Gasteiger partial charge in [0.25, 0.3) is 0 Å². The van der Waals surface area contributed by atoms with Gasteiger partial charge in [0.1, 0.15) is 5.75 Å². The van der Waals surface area contributed by atoms with E-state index in [1.807, 2.05) is 24.3 Å². The van der Waals surface area contributed by atoms with Crippen LogP contribution in [0.3, 0.4) is 0 Å². The average molecular weight is 367 g/mol. The van der Waals surface area contributed by atoms with Gasteiger partial charge in [-0.1, -0.05) is 17.9 Å². The molecule has 0 unspecified atom stereocenters. The number of methoxy groups -OCH3 is 2. The first kappa shape index (κ1) is 20.2. The third kappa shape index (κ3) is 6.95. The summed E-state index contributed by atoms with van der Waals surface area (Å²) in [5.41, 5.74) is 1.83. The summed E-state index contributed by atoms with van der Waals surface area (Å²) in [6.07, 6.45) is 2.90. The lowest BCUT2D eigenvalue weighted by Gasteiger charge is -2.08. The van der Waals surface area contributed by atoms with Crippen molar-refractivity contribution in [2.45, 2.75) is 32.2 Å². The van der Waals surface area contributed by atoms with Gasteiger partial charge in [-0.3, -0.25) is 4.79 Å². The number of rotatable bonds is 8. The van der Waals surface area contributed by atoms with Crippen LogP contribution in [0.1, 0.15) is 36.8 Å². The van der Waals surface area contributed by atoms with Crippen molar-refractivity contribution in [2.24, 2.45) is 0 Å². The predicted molar refractivity (Wildman–Crippen MR) is 105 cm³/mol. The van der Waals surface area contributed by atoms with E-state index >= 15 is 0 Å². The van der Waals surface area contributed by atoms with Gasteiger partial charge in [-0.15, -0.1) is 0 Å². The van der Waals surface area contributed by atoms with Crippen molar-refractivity contribution in [3.63, 3.8) is 0 Å². The lowest BCUT2D eigenvalue weighted by Crippen LogP contribution is -2.22. The van der Waals surface area contributed by atoms with Crippen LogP contribution in [-0.4, -0.2) is 25.2 Å². The molecule has 5 heteroatoms. The fraction of sp³-hybridized carbons (Fsp3) is 0.318. The number of phenolic OH excluding ortho intramolecular Hbond substituents is 1. The highest BCUT2D eigenvalue weighted by Gasteiger charge is 2.05. The monoisotopic (exact) mass is 367 g/mol. The maximum Gasteiger partial charge on any atom is 0.220 e. The van der Waals surface area contributed by atoms with Crippen LogP contribution in [0.2, 0.25) is 0 Å². The van der Waals surface area contributed by atoms with Gasteiger partial charge < -0.3 is 19.9 Å². The third-order valence-electron chi connectivity index (χ3n) is 4.01. The fourth-order valence-corrected chi connectivity index (χ4v) is 2.46. The molecule has 0 fully saturated rings. The Hall–Kier alpha value is -3.13. The molecule has 5 nitrogen and oxygen atoms in total.